The first-order valence-corrected chi connectivity index (χ1v) is 3.51. The van der Waals surface area contributed by atoms with Gasteiger partial charge < -0.3 is 9.47 Å². The van der Waals surface area contributed by atoms with Gasteiger partial charge in [0.15, 0.2) is 5.79 Å². The molecule has 0 saturated heterocycles. The fraction of sp³-hybridized carbons (Fsp3) is 0.750. The summed E-state index contributed by atoms with van der Waals surface area (Å²) in [5, 5.41) is 0. The Bertz CT molecular complexity index is 97.4. The van der Waals surface area contributed by atoms with Crippen LogP contribution in [0.4, 0.5) is 0 Å². The van der Waals surface area contributed by atoms with E-state index in [1.807, 2.05) is 20.8 Å². The van der Waals surface area contributed by atoms with Crippen LogP contribution in [0.25, 0.3) is 0 Å². The minimum Gasteiger partial charge on any atom is -0.351 e. The lowest BCUT2D eigenvalue weighted by molar-refractivity contribution is -0.204. The topological polar surface area (TPSA) is 18.5 Å². The van der Waals surface area contributed by atoms with Crippen molar-refractivity contribution in [2.75, 3.05) is 13.2 Å². The highest BCUT2D eigenvalue weighted by Gasteiger charge is 2.16. The second kappa shape index (κ2) is 4.47. The van der Waals surface area contributed by atoms with E-state index in [1.54, 1.807) is 6.08 Å². The zero-order valence-corrected chi connectivity index (χ0v) is 7.02. The van der Waals surface area contributed by atoms with Gasteiger partial charge in [0.25, 0.3) is 0 Å². The summed E-state index contributed by atoms with van der Waals surface area (Å²) in [5.41, 5.74) is 0. The molecule has 2 heteroatoms. The van der Waals surface area contributed by atoms with Crippen molar-refractivity contribution in [1.29, 1.82) is 0 Å². The molecule has 0 unspecified atom stereocenters. The normalized spacial score (nSPS) is 11.5. The molecule has 0 fully saturated rings. The Labute approximate surface area is 62.8 Å². The molecule has 0 aliphatic rings. The van der Waals surface area contributed by atoms with Crippen LogP contribution in [0.3, 0.4) is 0 Å². The van der Waals surface area contributed by atoms with Crippen LogP contribution in [0.1, 0.15) is 20.8 Å². The van der Waals surface area contributed by atoms with Crippen LogP contribution in [0.5, 0.6) is 0 Å². The Balaban J connectivity index is 3.51. The molecule has 0 aliphatic heterocycles. The molecule has 0 aromatic rings. The van der Waals surface area contributed by atoms with Crippen LogP contribution in [0.15, 0.2) is 12.7 Å². The Morgan fingerprint density at radius 1 is 1.40 bits per heavy atom. The molecule has 0 amide bonds. The number of hydrogen-bond donors (Lipinski definition) is 0. The summed E-state index contributed by atoms with van der Waals surface area (Å²) in [4.78, 5) is 0. The predicted molar refractivity (Wildman–Crippen MR) is 41.9 cm³/mol. The van der Waals surface area contributed by atoms with Gasteiger partial charge in [0.05, 0.1) is 6.61 Å². The lowest BCUT2D eigenvalue weighted by Gasteiger charge is -2.23. The van der Waals surface area contributed by atoms with Gasteiger partial charge in [-0.3, -0.25) is 0 Å². The van der Waals surface area contributed by atoms with E-state index in [9.17, 15) is 0 Å². The third-order valence-electron chi connectivity index (χ3n) is 1.04. The minimum atomic E-state index is -0.469. The Hall–Kier alpha value is -0.340. The maximum Gasteiger partial charge on any atom is 0.163 e. The maximum atomic E-state index is 5.28. The van der Waals surface area contributed by atoms with E-state index in [4.69, 9.17) is 9.47 Å². The highest BCUT2D eigenvalue weighted by molar-refractivity contribution is 4.66. The van der Waals surface area contributed by atoms with Crippen LogP contribution >= 0.6 is 0 Å². The summed E-state index contributed by atoms with van der Waals surface area (Å²) >= 11 is 0. The average Bonchev–Trinajstić information content (AvgIpc) is 1.84. The third kappa shape index (κ3) is 4.53. The van der Waals surface area contributed by atoms with E-state index in [2.05, 4.69) is 6.58 Å². The van der Waals surface area contributed by atoms with E-state index in [-0.39, 0.29) is 0 Å². The SMILES string of the molecule is C=CCOC(C)(C)OCC. The fourth-order valence-electron chi connectivity index (χ4n) is 0.649. The van der Waals surface area contributed by atoms with Gasteiger partial charge >= 0.3 is 0 Å². The Kier molecular flexibility index (Phi) is 4.32. The molecule has 2 nitrogen and oxygen atoms in total. The zero-order valence-electron chi connectivity index (χ0n) is 7.02. The molecule has 0 saturated carbocycles. The highest BCUT2D eigenvalue weighted by atomic mass is 16.7. The van der Waals surface area contributed by atoms with Gasteiger partial charge in [0, 0.05) is 6.61 Å². The van der Waals surface area contributed by atoms with Crippen LogP contribution in [0.2, 0.25) is 0 Å². The predicted octanol–water partition coefficient (Wildman–Crippen LogP) is 1.96. The summed E-state index contributed by atoms with van der Waals surface area (Å²) < 4.78 is 10.5. The van der Waals surface area contributed by atoms with Crippen molar-refractivity contribution in [2.45, 2.75) is 26.6 Å². The molecule has 60 valence electrons. The summed E-state index contributed by atoms with van der Waals surface area (Å²) in [6, 6.07) is 0. The van der Waals surface area contributed by atoms with Gasteiger partial charge in [0.2, 0.25) is 0 Å². The van der Waals surface area contributed by atoms with E-state index >= 15 is 0 Å². The highest BCUT2D eigenvalue weighted by Crippen LogP contribution is 2.09. The van der Waals surface area contributed by atoms with Crippen molar-refractivity contribution >= 4 is 0 Å². The second-order valence-corrected chi connectivity index (χ2v) is 2.43. The average molecular weight is 144 g/mol. The Morgan fingerprint density at radius 2 is 2.00 bits per heavy atom. The monoisotopic (exact) mass is 144 g/mol. The molecule has 0 N–H and O–H groups in total. The number of rotatable bonds is 5. The van der Waals surface area contributed by atoms with Crippen molar-refractivity contribution in [1.82, 2.24) is 0 Å². The third-order valence-corrected chi connectivity index (χ3v) is 1.04. The molecule has 0 aromatic carbocycles. The van der Waals surface area contributed by atoms with Crippen molar-refractivity contribution < 1.29 is 9.47 Å². The van der Waals surface area contributed by atoms with Gasteiger partial charge in [-0.2, -0.15) is 0 Å². The molecular formula is C8H16O2. The van der Waals surface area contributed by atoms with E-state index in [0.717, 1.165) is 0 Å². The van der Waals surface area contributed by atoms with E-state index in [1.165, 1.54) is 0 Å². The van der Waals surface area contributed by atoms with E-state index in [0.29, 0.717) is 13.2 Å². The van der Waals surface area contributed by atoms with Crippen molar-refractivity contribution in [3.63, 3.8) is 0 Å². The molecular weight excluding hydrogens is 128 g/mol. The van der Waals surface area contributed by atoms with Gasteiger partial charge in [-0.05, 0) is 20.8 Å². The molecule has 0 heterocycles. The first-order chi connectivity index (χ1) is 4.62. The van der Waals surface area contributed by atoms with E-state index < -0.39 is 5.79 Å². The molecule has 0 aliphatic carbocycles. The summed E-state index contributed by atoms with van der Waals surface area (Å²) in [7, 11) is 0. The quantitative estimate of drug-likeness (QED) is 0.434. The molecule has 0 rings (SSSR count). The first kappa shape index (κ1) is 9.66. The molecule has 0 spiro atoms. The molecule has 0 aromatic heterocycles. The molecule has 10 heavy (non-hydrogen) atoms. The number of hydrogen-bond acceptors (Lipinski definition) is 2. The smallest absolute Gasteiger partial charge is 0.163 e. The summed E-state index contributed by atoms with van der Waals surface area (Å²) in [5.74, 6) is -0.469. The lowest BCUT2D eigenvalue weighted by Crippen LogP contribution is -2.28. The van der Waals surface area contributed by atoms with Crippen LogP contribution in [0, 0.1) is 0 Å². The zero-order chi connectivity index (χ0) is 8.04. The Morgan fingerprint density at radius 3 is 2.40 bits per heavy atom. The van der Waals surface area contributed by atoms with Crippen molar-refractivity contribution in [3.05, 3.63) is 12.7 Å². The van der Waals surface area contributed by atoms with Gasteiger partial charge in [-0.1, -0.05) is 6.08 Å². The van der Waals surface area contributed by atoms with Crippen LogP contribution in [-0.2, 0) is 9.47 Å². The molecule has 0 atom stereocenters. The number of ether oxygens (including phenoxy) is 2. The van der Waals surface area contributed by atoms with Crippen molar-refractivity contribution in [3.8, 4) is 0 Å². The molecule has 0 bridgehead atoms. The standard InChI is InChI=1S/C8H16O2/c1-5-7-10-8(3,4)9-6-2/h5H,1,6-7H2,2-4H3. The molecule has 0 radical (unpaired) electrons. The van der Waals surface area contributed by atoms with Crippen molar-refractivity contribution in [2.24, 2.45) is 0 Å². The largest absolute Gasteiger partial charge is 0.351 e. The van der Waals surface area contributed by atoms with Crippen LogP contribution < -0.4 is 0 Å². The minimum absolute atomic E-state index is 0.469. The maximum absolute atomic E-state index is 5.28. The summed E-state index contributed by atoms with van der Waals surface area (Å²) in [6.45, 7) is 10.5. The second-order valence-electron chi connectivity index (χ2n) is 2.43. The van der Waals surface area contributed by atoms with Gasteiger partial charge in [-0.25, -0.2) is 0 Å². The summed E-state index contributed by atoms with van der Waals surface area (Å²) in [6.07, 6.45) is 1.71. The van der Waals surface area contributed by atoms with Gasteiger partial charge in [-0.15, -0.1) is 6.58 Å². The van der Waals surface area contributed by atoms with Gasteiger partial charge in [0.1, 0.15) is 0 Å². The van der Waals surface area contributed by atoms with Crippen LogP contribution in [-0.4, -0.2) is 19.0 Å². The lowest BCUT2D eigenvalue weighted by atomic mass is 10.4. The fourth-order valence-corrected chi connectivity index (χ4v) is 0.649. The first-order valence-electron chi connectivity index (χ1n) is 3.51.